The number of anilines is 1. The van der Waals surface area contributed by atoms with Gasteiger partial charge in [0.15, 0.2) is 11.6 Å². The molecule has 0 radical (unpaired) electrons. The van der Waals surface area contributed by atoms with Crippen LogP contribution >= 0.6 is 0 Å². The smallest absolute Gasteiger partial charge is 0.180 e. The highest BCUT2D eigenvalue weighted by molar-refractivity contribution is 5.84. The number of rotatable bonds is 9. The van der Waals surface area contributed by atoms with Gasteiger partial charge in [0.25, 0.3) is 0 Å². The van der Waals surface area contributed by atoms with Crippen LogP contribution in [0.15, 0.2) is 18.3 Å². The predicted molar refractivity (Wildman–Crippen MR) is 126 cm³/mol. The third-order valence-corrected chi connectivity index (χ3v) is 5.56. The first-order chi connectivity index (χ1) is 15.0. The molecule has 0 bridgehead atoms. The second-order valence-electron chi connectivity index (χ2n) is 10.3. The summed E-state index contributed by atoms with van der Waals surface area (Å²) in [5.74, 6) is 2.28. The number of hydrogen-bond donors (Lipinski definition) is 1. The molecule has 2 heterocycles. The van der Waals surface area contributed by atoms with E-state index >= 15 is 0 Å². The Hall–Kier alpha value is -2.54. The zero-order valence-electron chi connectivity index (χ0n) is 20.2. The number of fused-ring (bicyclic) bond motifs is 1. The normalized spacial score (nSPS) is 14.4. The van der Waals surface area contributed by atoms with Gasteiger partial charge in [0.1, 0.15) is 23.9 Å². The van der Waals surface area contributed by atoms with Gasteiger partial charge in [-0.25, -0.2) is 9.97 Å². The Kier molecular flexibility index (Phi) is 7.49. The minimum Gasteiger partial charge on any atom is -0.491 e. The molecule has 0 unspecified atom stereocenters. The molecule has 1 aliphatic rings. The largest absolute Gasteiger partial charge is 0.491 e. The molecule has 0 saturated heterocycles. The maximum Gasteiger partial charge on any atom is 0.180 e. The maximum atomic E-state index is 12.6. The SMILES string of the molecule is CC(C)[C@H](O)COc1ccnc(-c2nc3c(c(N(C)CC(=O)CC(C)(C)C)n2)CCC3)c1. The van der Waals surface area contributed by atoms with Crippen LogP contribution in [-0.2, 0) is 17.6 Å². The zero-order valence-corrected chi connectivity index (χ0v) is 20.2. The summed E-state index contributed by atoms with van der Waals surface area (Å²) in [4.78, 5) is 28.6. The number of aliphatic hydroxyl groups is 1. The van der Waals surface area contributed by atoms with E-state index in [4.69, 9.17) is 14.7 Å². The minimum atomic E-state index is -0.534. The Bertz CT molecular complexity index is 953. The van der Waals surface area contributed by atoms with E-state index in [1.165, 1.54) is 0 Å². The summed E-state index contributed by atoms with van der Waals surface area (Å²) in [7, 11) is 1.92. The van der Waals surface area contributed by atoms with E-state index in [1.807, 2.05) is 25.8 Å². The maximum absolute atomic E-state index is 12.6. The van der Waals surface area contributed by atoms with Gasteiger partial charge < -0.3 is 14.7 Å². The van der Waals surface area contributed by atoms with Gasteiger partial charge in [0.2, 0.25) is 0 Å². The van der Waals surface area contributed by atoms with Gasteiger partial charge in [0, 0.05) is 37.0 Å². The summed E-state index contributed by atoms with van der Waals surface area (Å²) in [5, 5.41) is 10.0. The summed E-state index contributed by atoms with van der Waals surface area (Å²) in [6.45, 7) is 10.7. The number of ether oxygens (including phenoxy) is 1. The lowest BCUT2D eigenvalue weighted by atomic mass is 9.90. The van der Waals surface area contributed by atoms with E-state index in [1.54, 1.807) is 18.3 Å². The highest BCUT2D eigenvalue weighted by Gasteiger charge is 2.25. The number of aryl methyl sites for hydroxylation is 1. The summed E-state index contributed by atoms with van der Waals surface area (Å²) in [5.41, 5.74) is 2.74. The Morgan fingerprint density at radius 1 is 1.25 bits per heavy atom. The minimum absolute atomic E-state index is 0.0375. The molecule has 32 heavy (non-hydrogen) atoms. The van der Waals surface area contributed by atoms with Crippen LogP contribution in [0.5, 0.6) is 5.75 Å². The number of aliphatic hydroxyl groups excluding tert-OH is 1. The number of carbonyl (C=O) groups is 1. The Morgan fingerprint density at radius 3 is 2.69 bits per heavy atom. The molecule has 0 spiro atoms. The number of pyridine rings is 1. The van der Waals surface area contributed by atoms with Crippen molar-refractivity contribution >= 4 is 11.6 Å². The highest BCUT2D eigenvalue weighted by atomic mass is 16.5. The van der Waals surface area contributed by atoms with E-state index in [-0.39, 0.29) is 23.7 Å². The van der Waals surface area contributed by atoms with Crippen molar-refractivity contribution in [3.8, 4) is 17.3 Å². The molecule has 0 aliphatic heterocycles. The average Bonchev–Trinajstić information content (AvgIpc) is 3.18. The van der Waals surface area contributed by atoms with Gasteiger partial charge in [-0.1, -0.05) is 34.6 Å². The fraction of sp³-hybridized carbons (Fsp3) is 0.600. The van der Waals surface area contributed by atoms with Crippen molar-refractivity contribution in [2.24, 2.45) is 11.3 Å². The molecule has 1 aliphatic carbocycles. The predicted octanol–water partition coefficient (Wildman–Crippen LogP) is 3.86. The Balaban J connectivity index is 1.85. The van der Waals surface area contributed by atoms with Crippen molar-refractivity contribution < 1.29 is 14.6 Å². The molecule has 7 heteroatoms. The topological polar surface area (TPSA) is 88.4 Å². The molecule has 1 atom stereocenters. The first-order valence-corrected chi connectivity index (χ1v) is 11.4. The second-order valence-corrected chi connectivity index (χ2v) is 10.3. The molecule has 0 saturated carbocycles. The molecule has 2 aromatic heterocycles. The number of likely N-dealkylation sites (N-methyl/N-ethyl adjacent to an activating group) is 1. The van der Waals surface area contributed by atoms with E-state index in [0.717, 1.165) is 36.3 Å². The molecule has 0 amide bonds. The summed E-state index contributed by atoms with van der Waals surface area (Å²) in [6, 6.07) is 3.57. The lowest BCUT2D eigenvalue weighted by Gasteiger charge is -2.23. The first kappa shape index (κ1) is 24.1. The van der Waals surface area contributed by atoms with Crippen LogP contribution in [0.1, 0.15) is 58.7 Å². The van der Waals surface area contributed by atoms with Crippen molar-refractivity contribution in [3.05, 3.63) is 29.6 Å². The fourth-order valence-corrected chi connectivity index (χ4v) is 3.83. The van der Waals surface area contributed by atoms with Crippen molar-refractivity contribution in [1.82, 2.24) is 15.0 Å². The van der Waals surface area contributed by atoms with Gasteiger partial charge in [0.05, 0.1) is 12.6 Å². The van der Waals surface area contributed by atoms with E-state index in [9.17, 15) is 9.90 Å². The van der Waals surface area contributed by atoms with E-state index in [2.05, 4.69) is 25.8 Å². The summed E-state index contributed by atoms with van der Waals surface area (Å²) >= 11 is 0. The van der Waals surface area contributed by atoms with Crippen LogP contribution in [0.4, 0.5) is 5.82 Å². The van der Waals surface area contributed by atoms with Crippen LogP contribution < -0.4 is 9.64 Å². The van der Waals surface area contributed by atoms with Crippen LogP contribution in [0, 0.1) is 11.3 Å². The number of nitrogens with zero attached hydrogens (tertiary/aromatic N) is 4. The number of carbonyl (C=O) groups excluding carboxylic acids is 1. The van der Waals surface area contributed by atoms with Crippen LogP contribution in [0.25, 0.3) is 11.5 Å². The fourth-order valence-electron chi connectivity index (χ4n) is 3.83. The number of hydrogen-bond acceptors (Lipinski definition) is 7. The summed E-state index contributed by atoms with van der Waals surface area (Å²) < 4.78 is 5.76. The first-order valence-electron chi connectivity index (χ1n) is 11.4. The monoisotopic (exact) mass is 440 g/mol. The van der Waals surface area contributed by atoms with Crippen molar-refractivity contribution in [2.75, 3.05) is 25.1 Å². The standard InChI is InChI=1S/C25H36N4O3/c1-16(2)22(31)15-32-18-10-11-26-21(12-18)23-27-20-9-7-8-19(20)24(28-23)29(6)14-17(30)13-25(3,4)5/h10-12,16,22,31H,7-9,13-15H2,1-6H3/t22-/m1/s1. The lowest BCUT2D eigenvalue weighted by Crippen LogP contribution is -2.30. The zero-order chi connectivity index (χ0) is 23.5. The molecule has 174 valence electrons. The lowest BCUT2D eigenvalue weighted by molar-refractivity contribution is -0.119. The Labute approximate surface area is 191 Å². The Morgan fingerprint density at radius 2 is 2.00 bits per heavy atom. The number of Topliss-reactive ketones (excluding diaryl/α,β-unsaturated/α-hetero) is 1. The molecule has 7 nitrogen and oxygen atoms in total. The number of aromatic nitrogens is 3. The molecular formula is C25H36N4O3. The van der Waals surface area contributed by atoms with Gasteiger partial charge in [-0.2, -0.15) is 0 Å². The van der Waals surface area contributed by atoms with E-state index in [0.29, 0.717) is 30.2 Å². The van der Waals surface area contributed by atoms with Crippen LogP contribution in [0.2, 0.25) is 0 Å². The van der Waals surface area contributed by atoms with Crippen LogP contribution in [0.3, 0.4) is 0 Å². The molecule has 2 aromatic rings. The second kappa shape index (κ2) is 9.94. The molecule has 0 aromatic carbocycles. The highest BCUT2D eigenvalue weighted by Crippen LogP contribution is 2.31. The third kappa shape index (κ3) is 6.25. The van der Waals surface area contributed by atoms with Gasteiger partial charge in [-0.05, 0) is 36.7 Å². The quantitative estimate of drug-likeness (QED) is 0.633. The molecule has 0 fully saturated rings. The van der Waals surface area contributed by atoms with Gasteiger partial charge >= 0.3 is 0 Å². The average molecular weight is 441 g/mol. The van der Waals surface area contributed by atoms with Gasteiger partial charge in [-0.3, -0.25) is 9.78 Å². The van der Waals surface area contributed by atoms with Crippen LogP contribution in [-0.4, -0.2) is 52.1 Å². The molecule has 1 N–H and O–H groups in total. The third-order valence-electron chi connectivity index (χ3n) is 5.56. The van der Waals surface area contributed by atoms with E-state index < -0.39 is 6.10 Å². The molecular weight excluding hydrogens is 404 g/mol. The summed E-state index contributed by atoms with van der Waals surface area (Å²) in [6.07, 6.45) is 4.52. The molecule has 3 rings (SSSR count). The van der Waals surface area contributed by atoms with Crippen molar-refractivity contribution in [2.45, 2.75) is 66.4 Å². The van der Waals surface area contributed by atoms with Gasteiger partial charge in [-0.15, -0.1) is 0 Å². The van der Waals surface area contributed by atoms with Crippen molar-refractivity contribution in [1.29, 1.82) is 0 Å². The number of ketones is 1. The van der Waals surface area contributed by atoms with Crippen molar-refractivity contribution in [3.63, 3.8) is 0 Å².